The van der Waals surface area contributed by atoms with Crippen LogP contribution in [0.1, 0.15) is 44.7 Å². The van der Waals surface area contributed by atoms with Gasteiger partial charge in [0.15, 0.2) is 12.4 Å². The number of carboxylic acids is 1. The third kappa shape index (κ3) is 6.67. The van der Waals surface area contributed by atoms with Crippen LogP contribution in [0.5, 0.6) is 5.75 Å². The number of carbonyl (C=O) groups is 3. The van der Waals surface area contributed by atoms with E-state index in [1.807, 2.05) is 4.90 Å². The second-order valence-corrected chi connectivity index (χ2v) is 9.52. The Kier molecular flexibility index (Phi) is 8.60. The van der Waals surface area contributed by atoms with E-state index in [2.05, 4.69) is 10.3 Å². The maximum absolute atomic E-state index is 13.3. The second-order valence-electron chi connectivity index (χ2n) is 8.65. The molecule has 196 valence electrons. The molecule has 0 radical (unpaired) electrons. The van der Waals surface area contributed by atoms with Crippen molar-refractivity contribution in [3.8, 4) is 5.75 Å². The average molecular weight is 555 g/mol. The first-order valence-corrected chi connectivity index (χ1v) is 12.5. The van der Waals surface area contributed by atoms with Crippen LogP contribution >= 0.6 is 23.2 Å². The zero-order valence-electron chi connectivity index (χ0n) is 20.2. The maximum Gasteiger partial charge on any atom is 0.341 e. The molecule has 0 bridgehead atoms. The first kappa shape index (κ1) is 27.1. The molecule has 1 aliphatic heterocycles. The number of hydrogen-bond donors (Lipinski definition) is 3. The number of amidine groups is 1. The Morgan fingerprint density at radius 3 is 2.32 bits per heavy atom. The van der Waals surface area contributed by atoms with Gasteiger partial charge in [-0.2, -0.15) is 0 Å². The van der Waals surface area contributed by atoms with Crippen LogP contribution in [0.15, 0.2) is 54.7 Å². The molecule has 0 aliphatic carbocycles. The SMILES string of the molecule is N=C(c1ccc(C(=O)Cc2c(OCC(=O)O)cc(Cl)cc2C(=O)Nc2ccc(Cl)cn2)cc1)N1CCCC1. The van der Waals surface area contributed by atoms with Gasteiger partial charge in [0.05, 0.1) is 5.02 Å². The highest BCUT2D eigenvalue weighted by Gasteiger charge is 2.23. The number of hydrogen-bond acceptors (Lipinski definition) is 6. The van der Waals surface area contributed by atoms with Crippen molar-refractivity contribution in [3.05, 3.63) is 87.0 Å². The number of benzene rings is 2. The molecule has 1 saturated heterocycles. The number of ketones is 1. The number of anilines is 1. The zero-order chi connectivity index (χ0) is 27.2. The smallest absolute Gasteiger partial charge is 0.341 e. The van der Waals surface area contributed by atoms with Crippen LogP contribution in [0.4, 0.5) is 5.82 Å². The van der Waals surface area contributed by atoms with Crippen molar-refractivity contribution >= 4 is 52.5 Å². The van der Waals surface area contributed by atoms with Crippen LogP contribution in [-0.4, -0.2) is 58.2 Å². The van der Waals surface area contributed by atoms with E-state index in [1.54, 1.807) is 30.3 Å². The molecule has 1 aromatic heterocycles. The molecule has 9 nitrogen and oxygen atoms in total. The van der Waals surface area contributed by atoms with Gasteiger partial charge in [0, 0.05) is 53.0 Å². The standard InChI is InChI=1S/C27H24Cl2N4O5/c28-18-7-8-24(31-14-18)32-27(37)21-11-19(29)12-23(38-15-25(35)36)20(21)13-22(34)16-3-5-17(6-4-16)26(30)33-9-1-2-10-33/h3-8,11-12,14,30H,1-2,9-10,13,15H2,(H,35,36)(H,31,32,37). The number of nitrogens with one attached hydrogen (secondary N) is 2. The molecule has 3 aromatic rings. The minimum atomic E-state index is -1.23. The van der Waals surface area contributed by atoms with Gasteiger partial charge in [0.1, 0.15) is 17.4 Å². The van der Waals surface area contributed by atoms with E-state index in [-0.39, 0.29) is 39.9 Å². The van der Waals surface area contributed by atoms with Crippen molar-refractivity contribution in [3.63, 3.8) is 0 Å². The number of rotatable bonds is 9. The minimum absolute atomic E-state index is 0.00916. The van der Waals surface area contributed by atoms with Crippen molar-refractivity contribution < 1.29 is 24.2 Å². The third-order valence-electron chi connectivity index (χ3n) is 5.98. The van der Waals surface area contributed by atoms with Crippen molar-refractivity contribution in [2.24, 2.45) is 0 Å². The Hall–Kier alpha value is -3.95. The number of likely N-dealkylation sites (tertiary alicyclic amines) is 1. The number of aliphatic carboxylic acids is 1. The Labute approximate surface area is 228 Å². The van der Waals surface area contributed by atoms with Crippen LogP contribution in [0.25, 0.3) is 0 Å². The number of nitrogens with zero attached hydrogens (tertiary/aromatic N) is 2. The van der Waals surface area contributed by atoms with Gasteiger partial charge in [-0.05, 0) is 37.1 Å². The van der Waals surface area contributed by atoms with Gasteiger partial charge in [-0.25, -0.2) is 9.78 Å². The summed E-state index contributed by atoms with van der Waals surface area (Å²) in [6.45, 7) is 0.992. The molecule has 4 rings (SSSR count). The van der Waals surface area contributed by atoms with Crippen LogP contribution in [0.3, 0.4) is 0 Å². The van der Waals surface area contributed by atoms with E-state index >= 15 is 0 Å². The molecular formula is C27H24Cl2N4O5. The van der Waals surface area contributed by atoms with Gasteiger partial charge in [0.25, 0.3) is 5.91 Å². The molecule has 2 aromatic carbocycles. The number of ether oxygens (including phenoxy) is 1. The Balaban J connectivity index is 1.61. The van der Waals surface area contributed by atoms with Crippen molar-refractivity contribution in [2.45, 2.75) is 19.3 Å². The van der Waals surface area contributed by atoms with Crippen LogP contribution in [-0.2, 0) is 11.2 Å². The van der Waals surface area contributed by atoms with E-state index in [9.17, 15) is 14.4 Å². The van der Waals surface area contributed by atoms with E-state index in [1.165, 1.54) is 24.4 Å². The first-order chi connectivity index (χ1) is 18.2. The highest BCUT2D eigenvalue weighted by atomic mass is 35.5. The quantitative estimate of drug-likeness (QED) is 0.193. The molecule has 0 unspecified atom stereocenters. The summed E-state index contributed by atoms with van der Waals surface area (Å²) >= 11 is 12.1. The van der Waals surface area contributed by atoms with Gasteiger partial charge in [-0.15, -0.1) is 0 Å². The molecule has 0 spiro atoms. The van der Waals surface area contributed by atoms with Gasteiger partial charge in [-0.1, -0.05) is 47.5 Å². The number of amides is 1. The summed E-state index contributed by atoms with van der Waals surface area (Å²) in [5.41, 5.74) is 1.29. The lowest BCUT2D eigenvalue weighted by Gasteiger charge is -2.18. The Morgan fingerprint density at radius 1 is 1.00 bits per heavy atom. The summed E-state index contributed by atoms with van der Waals surface area (Å²) in [5, 5.41) is 20.6. The molecule has 1 aliphatic rings. The highest BCUT2D eigenvalue weighted by Crippen LogP contribution is 2.30. The fourth-order valence-electron chi connectivity index (χ4n) is 4.10. The molecular weight excluding hydrogens is 531 g/mol. The molecule has 2 heterocycles. The third-order valence-corrected chi connectivity index (χ3v) is 6.42. The van der Waals surface area contributed by atoms with Gasteiger partial charge < -0.3 is 20.1 Å². The van der Waals surface area contributed by atoms with Crippen molar-refractivity contribution in [2.75, 3.05) is 25.0 Å². The molecule has 1 fully saturated rings. The monoisotopic (exact) mass is 554 g/mol. The number of halogens is 2. The number of Topliss-reactive ketones (excluding diaryl/α,β-unsaturated/α-hetero) is 1. The summed E-state index contributed by atoms with van der Waals surface area (Å²) in [6.07, 6.45) is 3.21. The van der Waals surface area contributed by atoms with Gasteiger partial charge in [-0.3, -0.25) is 15.0 Å². The lowest BCUT2D eigenvalue weighted by atomic mass is 9.96. The number of pyridine rings is 1. The average Bonchev–Trinajstić information content (AvgIpc) is 3.44. The molecule has 38 heavy (non-hydrogen) atoms. The predicted octanol–water partition coefficient (Wildman–Crippen LogP) is 4.95. The largest absolute Gasteiger partial charge is 0.482 e. The Morgan fingerprint density at radius 2 is 1.68 bits per heavy atom. The van der Waals surface area contributed by atoms with E-state index < -0.39 is 18.5 Å². The van der Waals surface area contributed by atoms with Crippen molar-refractivity contribution in [1.82, 2.24) is 9.88 Å². The lowest BCUT2D eigenvalue weighted by molar-refractivity contribution is -0.139. The van der Waals surface area contributed by atoms with E-state index in [4.69, 9.17) is 38.5 Å². The number of aromatic nitrogens is 1. The van der Waals surface area contributed by atoms with Crippen LogP contribution < -0.4 is 10.1 Å². The van der Waals surface area contributed by atoms with Crippen LogP contribution in [0.2, 0.25) is 10.0 Å². The highest BCUT2D eigenvalue weighted by molar-refractivity contribution is 6.31. The topological polar surface area (TPSA) is 133 Å². The summed E-state index contributed by atoms with van der Waals surface area (Å²) < 4.78 is 5.40. The number of carboxylic acid groups (broad SMARTS) is 1. The zero-order valence-corrected chi connectivity index (χ0v) is 21.7. The lowest BCUT2D eigenvalue weighted by Crippen LogP contribution is -2.27. The summed E-state index contributed by atoms with van der Waals surface area (Å²) in [6, 6.07) is 12.5. The first-order valence-electron chi connectivity index (χ1n) is 11.8. The summed E-state index contributed by atoms with van der Waals surface area (Å²) in [7, 11) is 0. The van der Waals surface area contributed by atoms with E-state index in [0.29, 0.717) is 22.0 Å². The normalized spacial score (nSPS) is 12.7. The molecule has 1 amide bonds. The predicted molar refractivity (Wildman–Crippen MR) is 144 cm³/mol. The fourth-order valence-corrected chi connectivity index (χ4v) is 4.42. The Bertz CT molecular complexity index is 1370. The molecule has 0 saturated carbocycles. The van der Waals surface area contributed by atoms with E-state index in [0.717, 1.165) is 25.9 Å². The fraction of sp³-hybridized carbons (Fsp3) is 0.222. The second kappa shape index (κ2) is 12.1. The molecule has 11 heteroatoms. The maximum atomic E-state index is 13.3. The molecule has 0 atom stereocenters. The summed E-state index contributed by atoms with van der Waals surface area (Å²) in [5.74, 6) is -1.52. The molecule has 3 N–H and O–H groups in total. The number of carbonyl (C=O) groups excluding carboxylic acids is 2. The van der Waals surface area contributed by atoms with Crippen LogP contribution in [0, 0.1) is 5.41 Å². The van der Waals surface area contributed by atoms with Gasteiger partial charge in [0.2, 0.25) is 0 Å². The van der Waals surface area contributed by atoms with Gasteiger partial charge >= 0.3 is 5.97 Å². The van der Waals surface area contributed by atoms with Crippen molar-refractivity contribution in [1.29, 1.82) is 5.41 Å². The summed E-state index contributed by atoms with van der Waals surface area (Å²) in [4.78, 5) is 43.6. The minimum Gasteiger partial charge on any atom is -0.482 e.